The molecule has 1 saturated heterocycles. The van der Waals surface area contributed by atoms with Gasteiger partial charge in [-0.2, -0.15) is 0 Å². The van der Waals surface area contributed by atoms with Crippen LogP contribution in [0, 0.1) is 5.82 Å². The maximum Gasteiger partial charge on any atom is 0.410 e. The minimum absolute atomic E-state index is 0.0920. The van der Waals surface area contributed by atoms with Crippen molar-refractivity contribution in [2.24, 2.45) is 0 Å². The normalized spacial score (nSPS) is 19.8. The smallest absolute Gasteiger partial charge is 0.410 e. The van der Waals surface area contributed by atoms with Crippen molar-refractivity contribution in [1.82, 2.24) is 4.90 Å². The van der Waals surface area contributed by atoms with E-state index in [1.165, 1.54) is 12.1 Å². The number of hydrogen-bond acceptors (Lipinski definition) is 3. The van der Waals surface area contributed by atoms with E-state index < -0.39 is 5.60 Å². The number of likely N-dealkylation sites (tertiary alicyclic amines) is 1. The van der Waals surface area contributed by atoms with Gasteiger partial charge in [-0.3, -0.25) is 0 Å². The first kappa shape index (κ1) is 22.0. The highest BCUT2D eigenvalue weighted by Crippen LogP contribution is 2.31. The Balaban J connectivity index is 1.68. The van der Waals surface area contributed by atoms with Gasteiger partial charge in [0.05, 0.1) is 19.3 Å². The molecule has 0 radical (unpaired) electrons. The summed E-state index contributed by atoms with van der Waals surface area (Å²) >= 11 is 0. The minimum atomic E-state index is -0.542. The second-order valence-electron chi connectivity index (χ2n) is 8.56. The summed E-state index contributed by atoms with van der Waals surface area (Å²) in [7, 11) is 0. The zero-order chi connectivity index (χ0) is 21.6. The summed E-state index contributed by atoms with van der Waals surface area (Å²) in [4.78, 5) is 14.3. The van der Waals surface area contributed by atoms with E-state index in [1.54, 1.807) is 17.0 Å². The van der Waals surface area contributed by atoms with E-state index in [-0.39, 0.29) is 23.9 Å². The molecule has 0 aromatic heterocycles. The monoisotopic (exact) mass is 411 g/mol. The van der Waals surface area contributed by atoms with Crippen molar-refractivity contribution in [2.75, 3.05) is 19.7 Å². The number of carbonyl (C=O) groups is 1. The Hall–Kier alpha value is -2.66. The first-order valence-corrected chi connectivity index (χ1v) is 10.4. The highest BCUT2D eigenvalue weighted by Gasteiger charge is 2.34. The Bertz CT molecular complexity index is 843. The van der Waals surface area contributed by atoms with E-state index in [1.807, 2.05) is 63.3 Å². The van der Waals surface area contributed by atoms with Crippen LogP contribution in [0.15, 0.2) is 60.7 Å². The molecule has 0 N–H and O–H groups in total. The SMILES string of the molecule is CC(C)(C)OC(=O)N1CCC(c2ccc(F)cc2)C(OCC=Cc2ccccc2)C1. The predicted molar refractivity (Wildman–Crippen MR) is 117 cm³/mol. The Morgan fingerprint density at radius 2 is 1.83 bits per heavy atom. The number of piperidine rings is 1. The molecular weight excluding hydrogens is 381 g/mol. The van der Waals surface area contributed by atoms with Gasteiger partial charge >= 0.3 is 6.09 Å². The zero-order valence-corrected chi connectivity index (χ0v) is 17.9. The predicted octanol–water partition coefficient (Wildman–Crippen LogP) is 5.65. The summed E-state index contributed by atoms with van der Waals surface area (Å²) < 4.78 is 25.1. The lowest BCUT2D eigenvalue weighted by Gasteiger charge is -2.39. The number of hydrogen-bond donors (Lipinski definition) is 0. The first-order valence-electron chi connectivity index (χ1n) is 10.4. The number of amides is 1. The Morgan fingerprint density at radius 3 is 2.50 bits per heavy atom. The number of benzene rings is 2. The Morgan fingerprint density at radius 1 is 1.13 bits per heavy atom. The van der Waals surface area contributed by atoms with Gasteiger partial charge in [-0.1, -0.05) is 54.6 Å². The third-order valence-corrected chi connectivity index (χ3v) is 5.03. The number of ether oxygens (including phenoxy) is 2. The van der Waals surface area contributed by atoms with Crippen LogP contribution in [0.2, 0.25) is 0 Å². The van der Waals surface area contributed by atoms with Crippen molar-refractivity contribution in [1.29, 1.82) is 0 Å². The van der Waals surface area contributed by atoms with E-state index >= 15 is 0 Å². The van der Waals surface area contributed by atoms with E-state index in [2.05, 4.69) is 0 Å². The molecule has 0 aliphatic carbocycles. The van der Waals surface area contributed by atoms with E-state index in [0.717, 1.165) is 17.5 Å². The highest BCUT2D eigenvalue weighted by atomic mass is 19.1. The van der Waals surface area contributed by atoms with Gasteiger partial charge in [-0.25, -0.2) is 9.18 Å². The maximum atomic E-state index is 13.4. The van der Waals surface area contributed by atoms with Crippen LogP contribution in [0.5, 0.6) is 0 Å². The second kappa shape index (κ2) is 9.90. The molecule has 4 nitrogen and oxygen atoms in total. The van der Waals surface area contributed by atoms with Gasteiger partial charge in [-0.15, -0.1) is 0 Å². The number of nitrogens with zero attached hydrogens (tertiary/aromatic N) is 1. The molecule has 160 valence electrons. The van der Waals surface area contributed by atoms with Crippen molar-refractivity contribution in [3.8, 4) is 0 Å². The Labute approximate surface area is 178 Å². The highest BCUT2D eigenvalue weighted by molar-refractivity contribution is 5.68. The van der Waals surface area contributed by atoms with Crippen LogP contribution in [0.1, 0.15) is 44.2 Å². The first-order chi connectivity index (χ1) is 14.3. The summed E-state index contributed by atoms with van der Waals surface area (Å²) in [6.45, 7) is 7.03. The fourth-order valence-corrected chi connectivity index (χ4v) is 3.60. The van der Waals surface area contributed by atoms with Gasteiger partial charge in [0.25, 0.3) is 0 Å². The van der Waals surface area contributed by atoms with Crippen molar-refractivity contribution < 1.29 is 18.7 Å². The topological polar surface area (TPSA) is 38.8 Å². The molecule has 0 bridgehead atoms. The molecular formula is C25H30FNO3. The molecule has 0 spiro atoms. The van der Waals surface area contributed by atoms with Crippen LogP contribution in [-0.4, -0.2) is 42.4 Å². The van der Waals surface area contributed by atoms with Gasteiger partial charge in [0.2, 0.25) is 0 Å². The number of rotatable bonds is 5. The largest absolute Gasteiger partial charge is 0.444 e. The molecule has 2 aromatic rings. The maximum absolute atomic E-state index is 13.4. The zero-order valence-electron chi connectivity index (χ0n) is 17.9. The molecule has 2 aromatic carbocycles. The van der Waals surface area contributed by atoms with Crippen LogP contribution in [-0.2, 0) is 9.47 Å². The molecule has 1 amide bonds. The fraction of sp³-hybridized carbons (Fsp3) is 0.400. The molecule has 1 aliphatic heterocycles. The van der Waals surface area contributed by atoms with Gasteiger partial charge in [0, 0.05) is 12.5 Å². The molecule has 1 aliphatic rings. The molecule has 30 heavy (non-hydrogen) atoms. The number of halogens is 1. The summed E-state index contributed by atoms with van der Waals surface area (Å²) in [6.07, 6.45) is 4.20. The lowest BCUT2D eigenvalue weighted by molar-refractivity contribution is -0.0223. The third-order valence-electron chi connectivity index (χ3n) is 5.03. The molecule has 5 heteroatoms. The van der Waals surface area contributed by atoms with Gasteiger partial charge in [0.15, 0.2) is 0 Å². The van der Waals surface area contributed by atoms with Crippen LogP contribution in [0.3, 0.4) is 0 Å². The second-order valence-corrected chi connectivity index (χ2v) is 8.56. The summed E-state index contributed by atoms with van der Waals surface area (Å²) in [5.41, 5.74) is 1.59. The molecule has 1 heterocycles. The summed E-state index contributed by atoms with van der Waals surface area (Å²) in [6, 6.07) is 16.6. The van der Waals surface area contributed by atoms with Crippen molar-refractivity contribution in [2.45, 2.75) is 44.8 Å². The van der Waals surface area contributed by atoms with E-state index in [9.17, 15) is 9.18 Å². The fourth-order valence-electron chi connectivity index (χ4n) is 3.60. The van der Waals surface area contributed by atoms with Crippen molar-refractivity contribution in [3.05, 3.63) is 77.6 Å². The van der Waals surface area contributed by atoms with Crippen LogP contribution in [0.4, 0.5) is 9.18 Å². The quantitative estimate of drug-likeness (QED) is 0.638. The average Bonchev–Trinajstić information content (AvgIpc) is 2.71. The molecule has 3 rings (SSSR count). The van der Waals surface area contributed by atoms with Gasteiger partial charge < -0.3 is 14.4 Å². The standard InChI is InChI=1S/C25H30FNO3/c1-25(2,3)30-24(28)27-16-15-22(20-11-13-21(26)14-12-20)23(18-27)29-17-7-10-19-8-5-4-6-9-19/h4-14,22-23H,15-18H2,1-3H3. The Kier molecular flexibility index (Phi) is 7.27. The lowest BCUT2D eigenvalue weighted by Crippen LogP contribution is -2.48. The van der Waals surface area contributed by atoms with Gasteiger partial charge in [-0.05, 0) is 50.5 Å². The third kappa shape index (κ3) is 6.42. The van der Waals surface area contributed by atoms with Crippen LogP contribution in [0.25, 0.3) is 6.08 Å². The summed E-state index contributed by atoms with van der Waals surface area (Å²) in [5.74, 6) is -0.164. The average molecular weight is 412 g/mol. The number of carbonyl (C=O) groups excluding carboxylic acids is 1. The lowest BCUT2D eigenvalue weighted by atomic mass is 9.87. The van der Waals surface area contributed by atoms with Crippen molar-refractivity contribution >= 4 is 12.2 Å². The van der Waals surface area contributed by atoms with Crippen LogP contribution >= 0.6 is 0 Å². The molecule has 2 unspecified atom stereocenters. The van der Waals surface area contributed by atoms with Gasteiger partial charge in [0.1, 0.15) is 11.4 Å². The van der Waals surface area contributed by atoms with Crippen LogP contribution < -0.4 is 0 Å². The van der Waals surface area contributed by atoms with Crippen molar-refractivity contribution in [3.63, 3.8) is 0 Å². The molecule has 0 saturated carbocycles. The molecule has 2 atom stereocenters. The van der Waals surface area contributed by atoms with E-state index in [4.69, 9.17) is 9.47 Å². The van der Waals surface area contributed by atoms with E-state index in [0.29, 0.717) is 19.7 Å². The summed E-state index contributed by atoms with van der Waals surface area (Å²) in [5, 5.41) is 0. The molecule has 1 fully saturated rings. The minimum Gasteiger partial charge on any atom is -0.444 e.